The Morgan fingerprint density at radius 3 is 1.75 bits per heavy atom. The zero-order valence-corrected chi connectivity index (χ0v) is 30.7. The van der Waals surface area contributed by atoms with Crippen molar-refractivity contribution >= 4 is 69.9 Å². The van der Waals surface area contributed by atoms with Gasteiger partial charge in [-0.1, -0.05) is 153 Å². The summed E-state index contributed by atoms with van der Waals surface area (Å²) < 4.78 is 2.70. The SMILES string of the molecule is C1=Cc2c(c(-c3ccccc3)c3ccccc3c2-c2ccc3sc4cc(-c5c6ccccc6c(C6CCCCC6)c6ccccc56)ccc4c3c2)CC1. The molecule has 0 atom stereocenters. The van der Waals surface area contributed by atoms with Crippen LogP contribution in [0.15, 0.2) is 146 Å². The van der Waals surface area contributed by atoms with Crippen LogP contribution in [0.2, 0.25) is 0 Å². The van der Waals surface area contributed by atoms with E-state index in [2.05, 4.69) is 152 Å². The fraction of sp³-hybridized carbons (Fsp3) is 0.154. The molecule has 0 N–H and O–H groups in total. The van der Waals surface area contributed by atoms with Crippen LogP contribution in [-0.4, -0.2) is 0 Å². The molecule has 11 rings (SSSR count). The minimum absolute atomic E-state index is 0.639. The minimum Gasteiger partial charge on any atom is -0.135 e. The van der Waals surface area contributed by atoms with Crippen LogP contribution in [0.4, 0.5) is 0 Å². The summed E-state index contributed by atoms with van der Waals surface area (Å²) in [6, 6.07) is 53.0. The van der Waals surface area contributed by atoms with Crippen LogP contribution in [0, 0.1) is 0 Å². The first-order valence-corrected chi connectivity index (χ1v) is 20.3. The number of hydrogen-bond donors (Lipinski definition) is 0. The van der Waals surface area contributed by atoms with E-state index in [1.54, 1.807) is 5.56 Å². The summed E-state index contributed by atoms with van der Waals surface area (Å²) in [6.07, 6.45) is 13.6. The molecule has 1 fully saturated rings. The van der Waals surface area contributed by atoms with Gasteiger partial charge in [0.25, 0.3) is 0 Å². The van der Waals surface area contributed by atoms with E-state index >= 15 is 0 Å². The van der Waals surface area contributed by atoms with E-state index in [9.17, 15) is 0 Å². The van der Waals surface area contributed by atoms with Gasteiger partial charge < -0.3 is 0 Å². The molecule has 1 heterocycles. The van der Waals surface area contributed by atoms with E-state index in [0.29, 0.717) is 5.92 Å². The van der Waals surface area contributed by atoms with E-state index in [1.165, 1.54) is 129 Å². The van der Waals surface area contributed by atoms with Crippen LogP contribution in [0.25, 0.3) is 91.9 Å². The lowest BCUT2D eigenvalue weighted by atomic mass is 9.78. The van der Waals surface area contributed by atoms with Crippen LogP contribution >= 0.6 is 11.3 Å². The molecule has 2 aliphatic carbocycles. The summed E-state index contributed by atoms with van der Waals surface area (Å²) in [5.41, 5.74) is 12.5. The van der Waals surface area contributed by atoms with Crippen molar-refractivity contribution in [2.45, 2.75) is 50.9 Å². The molecule has 0 bridgehead atoms. The Morgan fingerprint density at radius 2 is 1.04 bits per heavy atom. The van der Waals surface area contributed by atoms with Gasteiger partial charge in [0.15, 0.2) is 0 Å². The highest BCUT2D eigenvalue weighted by molar-refractivity contribution is 7.25. The molecule has 1 saturated carbocycles. The molecule has 8 aromatic carbocycles. The molecule has 0 unspecified atom stereocenters. The highest BCUT2D eigenvalue weighted by Gasteiger charge is 2.24. The van der Waals surface area contributed by atoms with Gasteiger partial charge in [-0.05, 0) is 132 Å². The Morgan fingerprint density at radius 1 is 0.434 bits per heavy atom. The molecule has 0 radical (unpaired) electrons. The van der Waals surface area contributed by atoms with Crippen LogP contribution in [-0.2, 0) is 6.42 Å². The Kier molecular flexibility index (Phi) is 7.37. The lowest BCUT2D eigenvalue weighted by molar-refractivity contribution is 0.447. The quantitative estimate of drug-likeness (QED) is 0.161. The van der Waals surface area contributed by atoms with Gasteiger partial charge in [0.2, 0.25) is 0 Å². The fourth-order valence-corrected chi connectivity index (χ4v) is 11.1. The summed E-state index contributed by atoms with van der Waals surface area (Å²) in [5.74, 6) is 0.639. The highest BCUT2D eigenvalue weighted by atomic mass is 32.1. The minimum atomic E-state index is 0.639. The maximum Gasteiger partial charge on any atom is 0.0361 e. The second-order valence-electron chi connectivity index (χ2n) is 15.2. The summed E-state index contributed by atoms with van der Waals surface area (Å²) in [4.78, 5) is 0. The Bertz CT molecular complexity index is 2860. The summed E-state index contributed by atoms with van der Waals surface area (Å²) in [7, 11) is 0. The average molecular weight is 697 g/mol. The molecule has 254 valence electrons. The van der Waals surface area contributed by atoms with Gasteiger partial charge in [0, 0.05) is 20.2 Å². The van der Waals surface area contributed by atoms with Crippen molar-refractivity contribution in [3.63, 3.8) is 0 Å². The predicted octanol–water partition coefficient (Wildman–Crippen LogP) is 15.5. The van der Waals surface area contributed by atoms with Crippen molar-refractivity contribution in [1.82, 2.24) is 0 Å². The fourth-order valence-electron chi connectivity index (χ4n) is 10.0. The number of thiophene rings is 1. The Balaban J connectivity index is 1.10. The third-order valence-electron chi connectivity index (χ3n) is 12.3. The van der Waals surface area contributed by atoms with Crippen molar-refractivity contribution in [3.05, 3.63) is 162 Å². The van der Waals surface area contributed by atoms with Gasteiger partial charge in [-0.3, -0.25) is 0 Å². The molecule has 1 aromatic heterocycles. The molecule has 9 aromatic rings. The largest absolute Gasteiger partial charge is 0.135 e. The lowest BCUT2D eigenvalue weighted by Gasteiger charge is -2.26. The number of allylic oxidation sites excluding steroid dienone is 1. The molecule has 0 amide bonds. The molecule has 2 aliphatic rings. The third-order valence-corrected chi connectivity index (χ3v) is 13.4. The monoisotopic (exact) mass is 696 g/mol. The first kappa shape index (κ1) is 31.1. The van der Waals surface area contributed by atoms with Gasteiger partial charge >= 0.3 is 0 Å². The zero-order chi connectivity index (χ0) is 34.9. The molecule has 0 aliphatic heterocycles. The molecule has 0 saturated heterocycles. The van der Waals surface area contributed by atoms with E-state index < -0.39 is 0 Å². The van der Waals surface area contributed by atoms with E-state index in [1.807, 2.05) is 11.3 Å². The third kappa shape index (κ3) is 4.94. The van der Waals surface area contributed by atoms with Crippen molar-refractivity contribution in [3.8, 4) is 33.4 Å². The molecule has 1 heteroatoms. The highest BCUT2D eigenvalue weighted by Crippen LogP contribution is 2.49. The first-order chi connectivity index (χ1) is 26.3. The van der Waals surface area contributed by atoms with E-state index in [0.717, 1.165) is 12.8 Å². The average Bonchev–Trinajstić information content (AvgIpc) is 3.59. The van der Waals surface area contributed by atoms with Gasteiger partial charge in [-0.25, -0.2) is 0 Å². The second-order valence-corrected chi connectivity index (χ2v) is 16.3. The van der Waals surface area contributed by atoms with Gasteiger partial charge in [-0.2, -0.15) is 0 Å². The van der Waals surface area contributed by atoms with E-state index in [4.69, 9.17) is 0 Å². The van der Waals surface area contributed by atoms with Gasteiger partial charge in [0.05, 0.1) is 0 Å². The topological polar surface area (TPSA) is 0 Å². The number of fused-ring (bicyclic) bond motifs is 7. The molecular formula is C52H40S. The van der Waals surface area contributed by atoms with Crippen molar-refractivity contribution in [2.75, 3.05) is 0 Å². The summed E-state index contributed by atoms with van der Waals surface area (Å²) >= 11 is 1.93. The van der Waals surface area contributed by atoms with Gasteiger partial charge in [-0.15, -0.1) is 11.3 Å². The Labute approximate surface area is 315 Å². The molecular weight excluding hydrogens is 657 g/mol. The second kappa shape index (κ2) is 12.6. The maximum atomic E-state index is 2.48. The van der Waals surface area contributed by atoms with Crippen LogP contribution < -0.4 is 0 Å². The number of hydrogen-bond acceptors (Lipinski definition) is 1. The molecule has 0 spiro atoms. The first-order valence-electron chi connectivity index (χ1n) is 19.5. The summed E-state index contributed by atoms with van der Waals surface area (Å²) in [6.45, 7) is 0. The number of rotatable bonds is 4. The van der Waals surface area contributed by atoms with Crippen molar-refractivity contribution in [1.29, 1.82) is 0 Å². The smallest absolute Gasteiger partial charge is 0.0361 e. The summed E-state index contributed by atoms with van der Waals surface area (Å²) in [5, 5.41) is 11.0. The normalized spacial score (nSPS) is 14.9. The Hall–Kier alpha value is -5.50. The standard InChI is InChI=1S/C52H40S/c1-3-15-33(16-4-1)49-38-19-7-11-23-42(38)51(43-24-12-8-20-39(43)49)35-28-30-47-46(31-35)37-29-27-36(32-48(37)53-47)52-44-25-13-9-21-40(44)50(34-17-5-2-6-18-34)41-22-10-14-26-45(41)52/h1,3-4,7,9-16,19,21-32,34H,2,5-6,8,17-18,20H2. The molecule has 0 nitrogen and oxygen atoms in total. The predicted molar refractivity (Wildman–Crippen MR) is 231 cm³/mol. The van der Waals surface area contributed by atoms with E-state index in [-0.39, 0.29) is 0 Å². The molecule has 53 heavy (non-hydrogen) atoms. The number of benzene rings is 8. The van der Waals surface area contributed by atoms with Crippen molar-refractivity contribution < 1.29 is 0 Å². The lowest BCUT2D eigenvalue weighted by Crippen LogP contribution is -2.06. The van der Waals surface area contributed by atoms with Crippen LogP contribution in [0.5, 0.6) is 0 Å². The van der Waals surface area contributed by atoms with Gasteiger partial charge in [0.1, 0.15) is 0 Å². The maximum absolute atomic E-state index is 2.48. The van der Waals surface area contributed by atoms with Crippen molar-refractivity contribution in [2.24, 2.45) is 0 Å². The van der Waals surface area contributed by atoms with Crippen LogP contribution in [0.3, 0.4) is 0 Å². The van der Waals surface area contributed by atoms with Crippen LogP contribution in [0.1, 0.15) is 61.1 Å². The zero-order valence-electron chi connectivity index (χ0n) is 29.9.